The second-order valence-corrected chi connectivity index (χ2v) is 4.46. The monoisotopic (exact) mass is 258 g/mol. The van der Waals surface area contributed by atoms with E-state index in [2.05, 4.69) is 0 Å². The lowest BCUT2D eigenvalue weighted by Gasteiger charge is -2.18. The van der Waals surface area contributed by atoms with E-state index in [0.29, 0.717) is 6.54 Å². The maximum atomic E-state index is 11.8. The number of para-hydroxylation sites is 1. The molecule has 4 nitrogen and oxygen atoms in total. The van der Waals surface area contributed by atoms with Crippen molar-refractivity contribution >= 4 is 0 Å². The molecular formula is C15H18N2O2. The van der Waals surface area contributed by atoms with Crippen LogP contribution in [0.5, 0.6) is 5.75 Å². The van der Waals surface area contributed by atoms with Crippen molar-refractivity contribution in [2.45, 2.75) is 19.5 Å². The summed E-state index contributed by atoms with van der Waals surface area (Å²) in [5.41, 5.74) is 7.97. The van der Waals surface area contributed by atoms with Gasteiger partial charge in [0.1, 0.15) is 5.75 Å². The lowest BCUT2D eigenvalue weighted by molar-refractivity contribution is 0.401. The summed E-state index contributed by atoms with van der Waals surface area (Å²) in [6, 6.07) is 12.5. The van der Waals surface area contributed by atoms with Crippen molar-refractivity contribution < 1.29 is 4.74 Å². The highest BCUT2D eigenvalue weighted by atomic mass is 16.5. The fourth-order valence-electron chi connectivity index (χ4n) is 2.13. The minimum absolute atomic E-state index is 0.0367. The van der Waals surface area contributed by atoms with Gasteiger partial charge in [-0.05, 0) is 19.1 Å². The molecule has 0 bridgehead atoms. The normalized spacial score (nSPS) is 12.2. The number of methoxy groups -OCH3 is 1. The predicted molar refractivity (Wildman–Crippen MR) is 75.4 cm³/mol. The van der Waals surface area contributed by atoms with Crippen LogP contribution in [0.1, 0.15) is 17.3 Å². The Bertz CT molecular complexity index is 620. The maximum Gasteiger partial charge on any atom is 0.250 e. The van der Waals surface area contributed by atoms with Gasteiger partial charge in [-0.2, -0.15) is 0 Å². The van der Waals surface area contributed by atoms with Crippen LogP contribution in [0.25, 0.3) is 0 Å². The van der Waals surface area contributed by atoms with Gasteiger partial charge in [0.2, 0.25) is 0 Å². The average molecular weight is 258 g/mol. The smallest absolute Gasteiger partial charge is 0.250 e. The molecule has 1 aromatic carbocycles. The van der Waals surface area contributed by atoms with Gasteiger partial charge in [0.05, 0.1) is 13.2 Å². The number of benzene rings is 1. The molecule has 0 aliphatic rings. The van der Waals surface area contributed by atoms with Crippen molar-refractivity contribution in [1.29, 1.82) is 0 Å². The first-order valence-corrected chi connectivity index (χ1v) is 6.18. The van der Waals surface area contributed by atoms with Crippen LogP contribution in [0.4, 0.5) is 0 Å². The third-order valence-electron chi connectivity index (χ3n) is 3.19. The number of pyridine rings is 1. The zero-order chi connectivity index (χ0) is 13.8. The Balaban J connectivity index is 2.31. The maximum absolute atomic E-state index is 11.8. The summed E-state index contributed by atoms with van der Waals surface area (Å²) in [7, 11) is 1.62. The van der Waals surface area contributed by atoms with E-state index in [0.717, 1.165) is 17.0 Å². The molecule has 0 radical (unpaired) electrons. The molecule has 1 atom stereocenters. The largest absolute Gasteiger partial charge is 0.496 e. The van der Waals surface area contributed by atoms with Gasteiger partial charge < -0.3 is 15.0 Å². The number of rotatable bonds is 4. The summed E-state index contributed by atoms with van der Waals surface area (Å²) in [4.78, 5) is 11.8. The van der Waals surface area contributed by atoms with Crippen molar-refractivity contribution in [1.82, 2.24) is 4.57 Å². The SMILES string of the molecule is COc1ccccc1C(N)Cn1c(C)cccc1=O. The second-order valence-electron chi connectivity index (χ2n) is 4.46. The Kier molecular flexibility index (Phi) is 4.02. The summed E-state index contributed by atoms with van der Waals surface area (Å²) in [6.07, 6.45) is 0. The lowest BCUT2D eigenvalue weighted by atomic mass is 10.1. The standard InChI is InChI=1S/C15H18N2O2/c1-11-6-5-9-15(18)17(11)10-13(16)12-7-3-4-8-14(12)19-2/h3-9,13H,10,16H2,1-2H3. The molecule has 0 saturated heterocycles. The van der Waals surface area contributed by atoms with Crippen LogP contribution in [-0.2, 0) is 6.54 Å². The second kappa shape index (κ2) is 5.71. The van der Waals surface area contributed by atoms with E-state index < -0.39 is 0 Å². The summed E-state index contributed by atoms with van der Waals surface area (Å²) in [5.74, 6) is 0.747. The van der Waals surface area contributed by atoms with Crippen LogP contribution in [0.15, 0.2) is 47.3 Å². The summed E-state index contributed by atoms with van der Waals surface area (Å²) >= 11 is 0. The van der Waals surface area contributed by atoms with E-state index in [4.69, 9.17) is 10.5 Å². The molecule has 0 aliphatic heterocycles. The minimum Gasteiger partial charge on any atom is -0.496 e. The molecular weight excluding hydrogens is 240 g/mol. The molecule has 0 spiro atoms. The van der Waals surface area contributed by atoms with E-state index in [-0.39, 0.29) is 11.6 Å². The van der Waals surface area contributed by atoms with E-state index in [1.165, 1.54) is 0 Å². The van der Waals surface area contributed by atoms with Gasteiger partial charge in [-0.1, -0.05) is 24.3 Å². The van der Waals surface area contributed by atoms with Crippen molar-refractivity contribution in [3.8, 4) is 5.75 Å². The Hall–Kier alpha value is -2.07. The van der Waals surface area contributed by atoms with Crippen LogP contribution in [0.2, 0.25) is 0 Å². The van der Waals surface area contributed by atoms with Crippen LogP contribution in [-0.4, -0.2) is 11.7 Å². The van der Waals surface area contributed by atoms with Crippen molar-refractivity contribution in [3.05, 3.63) is 64.1 Å². The Morgan fingerprint density at radius 2 is 1.95 bits per heavy atom. The molecule has 0 aliphatic carbocycles. The molecule has 1 unspecified atom stereocenters. The van der Waals surface area contributed by atoms with Gasteiger partial charge in [-0.25, -0.2) is 0 Å². The molecule has 19 heavy (non-hydrogen) atoms. The molecule has 0 amide bonds. The fraction of sp³-hybridized carbons (Fsp3) is 0.267. The van der Waals surface area contributed by atoms with E-state index in [1.807, 2.05) is 37.3 Å². The van der Waals surface area contributed by atoms with E-state index in [1.54, 1.807) is 23.8 Å². The summed E-state index contributed by atoms with van der Waals surface area (Å²) < 4.78 is 6.97. The number of hydrogen-bond acceptors (Lipinski definition) is 3. The molecule has 2 N–H and O–H groups in total. The molecule has 1 heterocycles. The zero-order valence-corrected chi connectivity index (χ0v) is 11.2. The number of hydrogen-bond donors (Lipinski definition) is 1. The first kappa shape index (κ1) is 13.4. The van der Waals surface area contributed by atoms with Gasteiger partial charge in [0.15, 0.2) is 0 Å². The Morgan fingerprint density at radius 3 is 2.63 bits per heavy atom. The number of aromatic nitrogens is 1. The summed E-state index contributed by atoms with van der Waals surface area (Å²) in [5, 5.41) is 0. The predicted octanol–water partition coefficient (Wildman–Crippen LogP) is 1.87. The van der Waals surface area contributed by atoms with Crippen molar-refractivity contribution in [3.63, 3.8) is 0 Å². The van der Waals surface area contributed by atoms with Crippen molar-refractivity contribution in [2.24, 2.45) is 5.73 Å². The first-order valence-electron chi connectivity index (χ1n) is 6.18. The Labute approximate surface area is 112 Å². The Morgan fingerprint density at radius 1 is 1.21 bits per heavy atom. The average Bonchev–Trinajstić information content (AvgIpc) is 2.42. The van der Waals surface area contributed by atoms with Crippen molar-refractivity contribution in [2.75, 3.05) is 7.11 Å². The highest BCUT2D eigenvalue weighted by molar-refractivity contribution is 5.35. The highest BCUT2D eigenvalue weighted by Gasteiger charge is 2.13. The van der Waals surface area contributed by atoms with Crippen LogP contribution in [0, 0.1) is 6.92 Å². The third kappa shape index (κ3) is 2.85. The molecule has 1 aromatic heterocycles. The lowest BCUT2D eigenvalue weighted by Crippen LogP contribution is -2.27. The van der Waals surface area contributed by atoms with E-state index >= 15 is 0 Å². The zero-order valence-electron chi connectivity index (χ0n) is 11.2. The van der Waals surface area contributed by atoms with Gasteiger partial charge in [-0.3, -0.25) is 4.79 Å². The number of ether oxygens (including phenoxy) is 1. The van der Waals surface area contributed by atoms with E-state index in [9.17, 15) is 4.79 Å². The molecule has 100 valence electrons. The first-order chi connectivity index (χ1) is 9.13. The number of nitrogens with zero attached hydrogens (tertiary/aromatic N) is 1. The fourth-order valence-corrected chi connectivity index (χ4v) is 2.13. The van der Waals surface area contributed by atoms with Crippen LogP contribution >= 0.6 is 0 Å². The minimum atomic E-state index is -0.282. The number of aryl methyl sites for hydroxylation is 1. The third-order valence-corrected chi connectivity index (χ3v) is 3.19. The number of nitrogens with two attached hydrogens (primary N) is 1. The molecule has 2 aromatic rings. The molecule has 0 fully saturated rings. The van der Waals surface area contributed by atoms with Crippen LogP contribution < -0.4 is 16.0 Å². The molecule has 4 heteroatoms. The van der Waals surface area contributed by atoms with Gasteiger partial charge in [-0.15, -0.1) is 0 Å². The summed E-state index contributed by atoms with van der Waals surface area (Å²) in [6.45, 7) is 2.34. The topological polar surface area (TPSA) is 57.2 Å². The highest BCUT2D eigenvalue weighted by Crippen LogP contribution is 2.24. The van der Waals surface area contributed by atoms with Gasteiger partial charge >= 0.3 is 0 Å². The molecule has 2 rings (SSSR count). The van der Waals surface area contributed by atoms with Gasteiger partial charge in [0, 0.05) is 23.9 Å². The van der Waals surface area contributed by atoms with Crippen LogP contribution in [0.3, 0.4) is 0 Å². The van der Waals surface area contributed by atoms with Gasteiger partial charge in [0.25, 0.3) is 5.56 Å². The quantitative estimate of drug-likeness (QED) is 0.910. The molecule has 0 saturated carbocycles.